The van der Waals surface area contributed by atoms with E-state index >= 15 is 0 Å². The fraction of sp³-hybridized carbons (Fsp3) is 1.00. The van der Waals surface area contributed by atoms with Crippen LogP contribution in [0.1, 0.15) is 52.4 Å². The first-order valence-corrected chi connectivity index (χ1v) is 8.67. The van der Waals surface area contributed by atoms with Gasteiger partial charge in [-0.25, -0.2) is 8.42 Å². The van der Waals surface area contributed by atoms with Crippen molar-refractivity contribution in [3.8, 4) is 0 Å². The summed E-state index contributed by atoms with van der Waals surface area (Å²) in [6.45, 7) is 7.16. The summed E-state index contributed by atoms with van der Waals surface area (Å²) in [6, 6.07) is 0. The summed E-state index contributed by atoms with van der Waals surface area (Å²) in [5.41, 5.74) is 0. The van der Waals surface area contributed by atoms with Gasteiger partial charge in [0.2, 0.25) is 0 Å². The minimum atomic E-state index is -3.92. The molecule has 0 aliphatic rings. The second-order valence-corrected chi connectivity index (χ2v) is 6.86. The van der Waals surface area contributed by atoms with Crippen molar-refractivity contribution in [2.45, 2.75) is 52.4 Å². The summed E-state index contributed by atoms with van der Waals surface area (Å²) >= 11 is 0. The third-order valence-electron chi connectivity index (χ3n) is 2.97. The summed E-state index contributed by atoms with van der Waals surface area (Å²) in [5, 5.41) is 0. The molecule has 0 spiro atoms. The van der Waals surface area contributed by atoms with Crippen molar-refractivity contribution in [3.63, 3.8) is 0 Å². The zero-order chi connectivity index (χ0) is 14.7. The van der Waals surface area contributed by atoms with Gasteiger partial charge in [-0.3, -0.25) is 0 Å². The van der Waals surface area contributed by atoms with E-state index in [2.05, 4.69) is 27.9 Å². The van der Waals surface area contributed by atoms with E-state index in [-0.39, 0.29) is 0 Å². The van der Waals surface area contributed by atoms with Crippen molar-refractivity contribution >= 4 is 10.1 Å². The van der Waals surface area contributed by atoms with Crippen LogP contribution in [-0.4, -0.2) is 50.9 Å². The smallest absolute Gasteiger partial charge is 0.0916 e. The molecule has 0 fully saturated rings. The van der Waals surface area contributed by atoms with E-state index in [1.165, 1.54) is 56.1 Å². The first-order valence-electron chi connectivity index (χ1n) is 6.85. The standard InChI is InChI=1S/C12H28N.CH4O3S/c1-5-7-8-9-10-11-12-13(3,4)6-2;1-5(2,3)4/h5-12H2,1-4H3;1H3,(H,2,3,4)/q+1;/p-1. The SMILES string of the molecule is CCCCCCCC[N+](C)(C)CC.CS(=O)(=O)[O-]. The Bertz CT molecular complexity index is 266. The fourth-order valence-corrected chi connectivity index (χ4v) is 1.48. The van der Waals surface area contributed by atoms with Gasteiger partial charge in [-0.2, -0.15) is 0 Å². The molecule has 0 aromatic heterocycles. The molecule has 0 aliphatic carbocycles. The summed E-state index contributed by atoms with van der Waals surface area (Å²) in [5.74, 6) is 0. The predicted octanol–water partition coefficient (Wildman–Crippen LogP) is 2.60. The molecule has 0 N–H and O–H groups in total. The maximum atomic E-state index is 9.08. The Morgan fingerprint density at radius 3 is 1.72 bits per heavy atom. The maximum Gasteiger partial charge on any atom is 0.0916 e. The van der Waals surface area contributed by atoms with Crippen molar-refractivity contribution in [2.75, 3.05) is 33.4 Å². The van der Waals surface area contributed by atoms with Crippen molar-refractivity contribution in [3.05, 3.63) is 0 Å². The van der Waals surface area contributed by atoms with E-state index in [0.29, 0.717) is 6.26 Å². The van der Waals surface area contributed by atoms with E-state index in [1.54, 1.807) is 0 Å². The molecule has 0 amide bonds. The lowest BCUT2D eigenvalue weighted by molar-refractivity contribution is -0.888. The lowest BCUT2D eigenvalue weighted by Gasteiger charge is -2.28. The van der Waals surface area contributed by atoms with E-state index in [4.69, 9.17) is 13.0 Å². The number of rotatable bonds is 8. The highest BCUT2D eigenvalue weighted by molar-refractivity contribution is 7.84. The number of hydrogen-bond acceptors (Lipinski definition) is 3. The molecular formula is C13H31NO3S. The normalized spacial score (nSPS) is 11.9. The molecule has 18 heavy (non-hydrogen) atoms. The maximum absolute atomic E-state index is 9.08. The monoisotopic (exact) mass is 281 g/mol. The van der Waals surface area contributed by atoms with Crippen LogP contribution in [0, 0.1) is 0 Å². The zero-order valence-corrected chi connectivity index (χ0v) is 13.6. The van der Waals surface area contributed by atoms with Crippen LogP contribution in [-0.2, 0) is 10.1 Å². The van der Waals surface area contributed by atoms with Crippen molar-refractivity contribution in [1.29, 1.82) is 0 Å². The molecule has 0 atom stereocenters. The first-order chi connectivity index (χ1) is 8.12. The molecule has 0 saturated heterocycles. The lowest BCUT2D eigenvalue weighted by atomic mass is 10.1. The molecule has 5 heteroatoms. The van der Waals surface area contributed by atoms with Gasteiger partial charge in [0.1, 0.15) is 0 Å². The summed E-state index contributed by atoms with van der Waals surface area (Å²) in [7, 11) is 0.734. The lowest BCUT2D eigenvalue weighted by Crippen LogP contribution is -2.39. The Labute approximate surface area is 114 Å². The van der Waals surface area contributed by atoms with E-state index in [0.717, 1.165) is 0 Å². The minimum absolute atomic E-state index is 0.604. The molecule has 0 unspecified atom stereocenters. The van der Waals surface area contributed by atoms with Gasteiger partial charge < -0.3 is 9.04 Å². The Morgan fingerprint density at radius 1 is 0.944 bits per heavy atom. The van der Waals surface area contributed by atoms with Gasteiger partial charge in [-0.1, -0.05) is 32.6 Å². The van der Waals surface area contributed by atoms with Crippen molar-refractivity contribution in [1.82, 2.24) is 0 Å². The molecular weight excluding hydrogens is 250 g/mol. The summed E-state index contributed by atoms with van der Waals surface area (Å²) in [6.07, 6.45) is 9.11. The quantitative estimate of drug-likeness (QED) is 0.390. The zero-order valence-electron chi connectivity index (χ0n) is 12.7. The Hall–Kier alpha value is -0.130. The molecule has 112 valence electrons. The number of quaternary nitrogens is 1. The highest BCUT2D eigenvalue weighted by atomic mass is 32.2. The van der Waals surface area contributed by atoms with E-state index in [9.17, 15) is 0 Å². The number of unbranched alkanes of at least 4 members (excludes halogenated alkanes) is 5. The third kappa shape index (κ3) is 24.9. The molecule has 0 aliphatic heterocycles. The first kappa shape index (κ1) is 20.2. The van der Waals surface area contributed by atoms with Crippen molar-refractivity contribution in [2.24, 2.45) is 0 Å². The molecule has 0 aromatic carbocycles. The van der Waals surface area contributed by atoms with Gasteiger partial charge in [-0.05, 0) is 19.8 Å². The Balaban J connectivity index is 0. The molecule has 0 heterocycles. The third-order valence-corrected chi connectivity index (χ3v) is 2.97. The Morgan fingerprint density at radius 2 is 1.33 bits per heavy atom. The molecule has 4 nitrogen and oxygen atoms in total. The predicted molar refractivity (Wildman–Crippen MR) is 76.5 cm³/mol. The van der Waals surface area contributed by atoms with Crippen LogP contribution in [0.25, 0.3) is 0 Å². The van der Waals surface area contributed by atoms with Crippen LogP contribution in [0.2, 0.25) is 0 Å². The highest BCUT2D eigenvalue weighted by Gasteiger charge is 2.09. The molecule has 0 saturated carbocycles. The summed E-state index contributed by atoms with van der Waals surface area (Å²) in [4.78, 5) is 0. The molecule has 0 bridgehead atoms. The minimum Gasteiger partial charge on any atom is -0.748 e. The van der Waals surface area contributed by atoms with E-state index in [1.807, 2.05) is 0 Å². The molecule has 0 aromatic rings. The van der Waals surface area contributed by atoms with E-state index < -0.39 is 10.1 Å². The highest BCUT2D eigenvalue weighted by Crippen LogP contribution is 2.07. The van der Waals surface area contributed by atoms with Gasteiger partial charge in [0, 0.05) is 6.26 Å². The molecule has 0 rings (SSSR count). The summed E-state index contributed by atoms with van der Waals surface area (Å²) < 4.78 is 28.4. The number of nitrogens with zero attached hydrogens (tertiary/aromatic N) is 1. The van der Waals surface area contributed by atoms with Gasteiger partial charge in [0.15, 0.2) is 0 Å². The van der Waals surface area contributed by atoms with Crippen LogP contribution in [0.4, 0.5) is 0 Å². The van der Waals surface area contributed by atoms with Crippen molar-refractivity contribution < 1.29 is 17.5 Å². The average molecular weight is 281 g/mol. The number of hydrogen-bond donors (Lipinski definition) is 0. The van der Waals surface area contributed by atoms with Crippen LogP contribution >= 0.6 is 0 Å². The second kappa shape index (κ2) is 10.8. The van der Waals surface area contributed by atoms with Gasteiger partial charge >= 0.3 is 0 Å². The van der Waals surface area contributed by atoms with Crippen LogP contribution < -0.4 is 0 Å². The van der Waals surface area contributed by atoms with Crippen LogP contribution in [0.15, 0.2) is 0 Å². The second-order valence-electron chi connectivity index (χ2n) is 5.45. The van der Waals surface area contributed by atoms with Crippen LogP contribution in [0.3, 0.4) is 0 Å². The van der Waals surface area contributed by atoms with Crippen LogP contribution in [0.5, 0.6) is 0 Å². The molecule has 0 radical (unpaired) electrons. The van der Waals surface area contributed by atoms with Gasteiger partial charge in [-0.15, -0.1) is 0 Å². The van der Waals surface area contributed by atoms with Gasteiger partial charge in [0.05, 0.1) is 37.3 Å². The topological polar surface area (TPSA) is 57.2 Å². The largest absolute Gasteiger partial charge is 0.748 e. The fourth-order valence-electron chi connectivity index (χ4n) is 1.48. The van der Waals surface area contributed by atoms with Gasteiger partial charge in [0.25, 0.3) is 0 Å². The average Bonchev–Trinajstić information content (AvgIpc) is 2.21. The Kier molecular flexibility index (Phi) is 12.1.